The van der Waals surface area contributed by atoms with E-state index in [9.17, 15) is 0 Å². The fourth-order valence-corrected chi connectivity index (χ4v) is 2.21. The van der Waals surface area contributed by atoms with Gasteiger partial charge in [-0.3, -0.25) is 0 Å². The van der Waals surface area contributed by atoms with Crippen LogP contribution in [-0.4, -0.2) is 12.6 Å². The van der Waals surface area contributed by atoms with Crippen LogP contribution in [0.15, 0.2) is 22.7 Å². The van der Waals surface area contributed by atoms with Crippen molar-refractivity contribution in [3.8, 4) is 0 Å². The summed E-state index contributed by atoms with van der Waals surface area (Å²) >= 11 is 3.50. The number of nitrogens with two attached hydrogens (primary N) is 1. The molecule has 0 aliphatic heterocycles. The lowest BCUT2D eigenvalue weighted by atomic mass is 10.1. The number of benzene rings is 1. The van der Waals surface area contributed by atoms with E-state index in [-0.39, 0.29) is 0 Å². The Hall–Kier alpha value is -0.380. The molecule has 15 heavy (non-hydrogen) atoms. The minimum atomic E-state index is 0.481. The van der Waals surface area contributed by atoms with Crippen molar-refractivity contribution in [2.75, 3.05) is 6.54 Å². The molecule has 0 fully saturated rings. The SMILES string of the molecule is Cc1cc(Br)cc(CNC(C)CCN)c1. The van der Waals surface area contributed by atoms with E-state index in [4.69, 9.17) is 5.73 Å². The molecular formula is C12H19BrN2. The van der Waals surface area contributed by atoms with Gasteiger partial charge in [-0.2, -0.15) is 0 Å². The highest BCUT2D eigenvalue weighted by Gasteiger charge is 2.01. The molecule has 0 aliphatic rings. The minimum Gasteiger partial charge on any atom is -0.330 e. The molecule has 1 unspecified atom stereocenters. The Balaban J connectivity index is 2.50. The Kier molecular flexibility index (Phi) is 5.29. The Morgan fingerprint density at radius 1 is 1.40 bits per heavy atom. The van der Waals surface area contributed by atoms with Crippen molar-refractivity contribution in [2.24, 2.45) is 5.73 Å². The lowest BCUT2D eigenvalue weighted by Gasteiger charge is -2.13. The standard InChI is InChI=1S/C12H19BrN2/c1-9-5-11(7-12(13)6-9)8-15-10(2)3-4-14/h5-7,10,15H,3-4,8,14H2,1-2H3. The molecule has 1 aromatic carbocycles. The summed E-state index contributed by atoms with van der Waals surface area (Å²) in [5.74, 6) is 0. The van der Waals surface area contributed by atoms with Gasteiger partial charge in [0.05, 0.1) is 0 Å². The summed E-state index contributed by atoms with van der Waals surface area (Å²) in [4.78, 5) is 0. The van der Waals surface area contributed by atoms with Gasteiger partial charge in [-0.15, -0.1) is 0 Å². The van der Waals surface area contributed by atoms with Crippen LogP contribution in [0.3, 0.4) is 0 Å². The summed E-state index contributed by atoms with van der Waals surface area (Å²) in [6, 6.07) is 6.95. The monoisotopic (exact) mass is 270 g/mol. The van der Waals surface area contributed by atoms with Crippen LogP contribution in [0, 0.1) is 6.92 Å². The van der Waals surface area contributed by atoms with Crippen molar-refractivity contribution in [1.29, 1.82) is 0 Å². The van der Waals surface area contributed by atoms with Gasteiger partial charge in [0.2, 0.25) is 0 Å². The van der Waals surface area contributed by atoms with Crippen LogP contribution in [0.4, 0.5) is 0 Å². The molecule has 3 N–H and O–H groups in total. The van der Waals surface area contributed by atoms with Gasteiger partial charge in [0.15, 0.2) is 0 Å². The molecule has 1 rings (SSSR count). The third-order valence-corrected chi connectivity index (χ3v) is 2.81. The fourth-order valence-electron chi connectivity index (χ4n) is 1.56. The molecule has 1 aromatic rings. The summed E-state index contributed by atoms with van der Waals surface area (Å²) in [5, 5.41) is 3.45. The number of halogens is 1. The summed E-state index contributed by atoms with van der Waals surface area (Å²) in [6.45, 7) is 5.92. The normalized spacial score (nSPS) is 12.8. The zero-order valence-electron chi connectivity index (χ0n) is 9.39. The molecule has 0 amide bonds. The molecule has 3 heteroatoms. The number of nitrogens with one attached hydrogen (secondary N) is 1. The van der Waals surface area contributed by atoms with Crippen molar-refractivity contribution in [3.05, 3.63) is 33.8 Å². The van der Waals surface area contributed by atoms with Gasteiger partial charge < -0.3 is 11.1 Å². The number of rotatable bonds is 5. The fraction of sp³-hybridized carbons (Fsp3) is 0.500. The van der Waals surface area contributed by atoms with Crippen molar-refractivity contribution >= 4 is 15.9 Å². The van der Waals surface area contributed by atoms with Gasteiger partial charge in [0, 0.05) is 17.1 Å². The molecule has 0 aliphatic carbocycles. The lowest BCUT2D eigenvalue weighted by molar-refractivity contribution is 0.519. The first-order valence-corrected chi connectivity index (χ1v) is 6.10. The van der Waals surface area contributed by atoms with Gasteiger partial charge >= 0.3 is 0 Å². The zero-order valence-corrected chi connectivity index (χ0v) is 11.0. The number of hydrogen-bond acceptors (Lipinski definition) is 2. The first-order chi connectivity index (χ1) is 7.11. The van der Waals surface area contributed by atoms with Gasteiger partial charge in [-0.1, -0.05) is 22.0 Å². The van der Waals surface area contributed by atoms with E-state index in [0.29, 0.717) is 6.04 Å². The molecule has 0 aromatic heterocycles. The van der Waals surface area contributed by atoms with E-state index in [2.05, 4.69) is 53.3 Å². The maximum absolute atomic E-state index is 5.50. The van der Waals surface area contributed by atoms with E-state index in [0.717, 1.165) is 24.0 Å². The van der Waals surface area contributed by atoms with E-state index >= 15 is 0 Å². The average molecular weight is 271 g/mol. The molecule has 1 atom stereocenters. The van der Waals surface area contributed by atoms with Gasteiger partial charge in [0.25, 0.3) is 0 Å². The Bertz CT molecular complexity index is 292. The van der Waals surface area contributed by atoms with Crippen LogP contribution in [0.1, 0.15) is 24.5 Å². The summed E-state index contributed by atoms with van der Waals surface area (Å²) in [6.07, 6.45) is 1.02. The number of hydrogen-bond donors (Lipinski definition) is 2. The van der Waals surface area contributed by atoms with Crippen molar-refractivity contribution < 1.29 is 0 Å². The molecular weight excluding hydrogens is 252 g/mol. The highest BCUT2D eigenvalue weighted by Crippen LogP contribution is 2.15. The van der Waals surface area contributed by atoms with Gasteiger partial charge in [-0.05, 0) is 50.1 Å². The van der Waals surface area contributed by atoms with Gasteiger partial charge in [-0.25, -0.2) is 0 Å². The van der Waals surface area contributed by atoms with E-state index in [1.54, 1.807) is 0 Å². The second-order valence-corrected chi connectivity index (χ2v) is 4.91. The Morgan fingerprint density at radius 2 is 2.13 bits per heavy atom. The van der Waals surface area contributed by atoms with E-state index in [1.807, 2.05) is 0 Å². The second kappa shape index (κ2) is 6.26. The third kappa shape index (κ3) is 4.78. The predicted molar refractivity (Wildman–Crippen MR) is 68.9 cm³/mol. The predicted octanol–water partition coefficient (Wildman–Crippen LogP) is 2.58. The maximum Gasteiger partial charge on any atom is 0.0208 e. The largest absolute Gasteiger partial charge is 0.330 e. The van der Waals surface area contributed by atoms with Gasteiger partial charge in [0.1, 0.15) is 0 Å². The summed E-state index contributed by atoms with van der Waals surface area (Å²) in [7, 11) is 0. The van der Waals surface area contributed by atoms with Crippen LogP contribution in [0.2, 0.25) is 0 Å². The summed E-state index contributed by atoms with van der Waals surface area (Å²) in [5.41, 5.74) is 8.09. The molecule has 0 saturated carbocycles. The van der Waals surface area contributed by atoms with Crippen molar-refractivity contribution in [3.63, 3.8) is 0 Å². The molecule has 0 radical (unpaired) electrons. The maximum atomic E-state index is 5.50. The lowest BCUT2D eigenvalue weighted by Crippen LogP contribution is -2.27. The van der Waals surface area contributed by atoms with E-state index in [1.165, 1.54) is 11.1 Å². The zero-order chi connectivity index (χ0) is 11.3. The minimum absolute atomic E-state index is 0.481. The Morgan fingerprint density at radius 3 is 2.73 bits per heavy atom. The van der Waals surface area contributed by atoms with Crippen molar-refractivity contribution in [1.82, 2.24) is 5.32 Å². The molecule has 84 valence electrons. The Labute approximate surface area is 100 Å². The molecule has 0 heterocycles. The highest BCUT2D eigenvalue weighted by atomic mass is 79.9. The van der Waals surface area contributed by atoms with Crippen LogP contribution in [-0.2, 0) is 6.54 Å². The smallest absolute Gasteiger partial charge is 0.0208 e. The number of aryl methyl sites for hydroxylation is 1. The third-order valence-electron chi connectivity index (χ3n) is 2.36. The van der Waals surface area contributed by atoms with Crippen LogP contribution >= 0.6 is 15.9 Å². The quantitative estimate of drug-likeness (QED) is 0.863. The van der Waals surface area contributed by atoms with Crippen LogP contribution < -0.4 is 11.1 Å². The topological polar surface area (TPSA) is 38.0 Å². The van der Waals surface area contributed by atoms with E-state index < -0.39 is 0 Å². The second-order valence-electron chi connectivity index (χ2n) is 4.00. The average Bonchev–Trinajstić information content (AvgIpc) is 2.14. The highest BCUT2D eigenvalue weighted by molar-refractivity contribution is 9.10. The molecule has 0 spiro atoms. The first kappa shape index (κ1) is 12.7. The first-order valence-electron chi connectivity index (χ1n) is 5.31. The molecule has 2 nitrogen and oxygen atoms in total. The van der Waals surface area contributed by atoms with Crippen molar-refractivity contribution in [2.45, 2.75) is 32.9 Å². The summed E-state index contributed by atoms with van der Waals surface area (Å²) < 4.78 is 1.14. The van der Waals surface area contributed by atoms with Crippen LogP contribution in [0.25, 0.3) is 0 Å². The molecule has 0 bridgehead atoms. The van der Waals surface area contributed by atoms with Crippen LogP contribution in [0.5, 0.6) is 0 Å². The molecule has 0 saturated heterocycles.